The van der Waals surface area contributed by atoms with Crippen molar-refractivity contribution >= 4 is 17.5 Å². The molecule has 0 saturated carbocycles. The Bertz CT molecular complexity index is 678. The maximum Gasteiger partial charge on any atom is 0.263 e. The summed E-state index contributed by atoms with van der Waals surface area (Å²) in [6.07, 6.45) is 3.09. The molecule has 120 valence electrons. The summed E-state index contributed by atoms with van der Waals surface area (Å²) in [5.74, 6) is 0.502. The van der Waals surface area contributed by atoms with Crippen LogP contribution in [0.4, 0.5) is 0 Å². The second-order valence-corrected chi connectivity index (χ2v) is 6.04. The first kappa shape index (κ1) is 15.8. The molecule has 1 aliphatic rings. The van der Waals surface area contributed by atoms with Crippen LogP contribution in [0, 0.1) is 0 Å². The Kier molecular flexibility index (Phi) is 4.82. The van der Waals surface area contributed by atoms with E-state index in [9.17, 15) is 4.79 Å². The highest BCUT2D eigenvalue weighted by molar-refractivity contribution is 6.32. The fourth-order valence-electron chi connectivity index (χ4n) is 2.93. The highest BCUT2D eigenvalue weighted by Gasteiger charge is 2.34. The summed E-state index contributed by atoms with van der Waals surface area (Å²) >= 11 is 6.10. The lowest BCUT2D eigenvalue weighted by atomic mass is 10.1. The SMILES string of the molecule is C[C@@H](Oc1ccccc1Cl)C(=O)N1CCC[C@H]1c1ccccn1. The lowest BCUT2D eigenvalue weighted by Crippen LogP contribution is -2.40. The number of pyridine rings is 1. The maximum atomic E-state index is 12.8. The number of aromatic nitrogens is 1. The number of hydrogen-bond donors (Lipinski definition) is 0. The van der Waals surface area contributed by atoms with Crippen molar-refractivity contribution < 1.29 is 9.53 Å². The van der Waals surface area contributed by atoms with Crippen LogP contribution in [0.25, 0.3) is 0 Å². The van der Waals surface area contributed by atoms with Gasteiger partial charge in [-0.15, -0.1) is 0 Å². The van der Waals surface area contributed by atoms with Gasteiger partial charge in [-0.1, -0.05) is 29.8 Å². The Labute approximate surface area is 141 Å². The Morgan fingerprint density at radius 2 is 2.09 bits per heavy atom. The van der Waals surface area contributed by atoms with Gasteiger partial charge in [-0.2, -0.15) is 0 Å². The first-order chi connectivity index (χ1) is 11.2. The Balaban J connectivity index is 1.73. The number of hydrogen-bond acceptors (Lipinski definition) is 3. The van der Waals surface area contributed by atoms with Gasteiger partial charge in [-0.3, -0.25) is 9.78 Å². The molecule has 1 fully saturated rings. The van der Waals surface area contributed by atoms with E-state index in [0.717, 1.165) is 25.1 Å². The van der Waals surface area contributed by atoms with Crippen LogP contribution in [-0.2, 0) is 4.79 Å². The van der Waals surface area contributed by atoms with Crippen molar-refractivity contribution in [3.8, 4) is 5.75 Å². The molecule has 0 N–H and O–H groups in total. The molecule has 5 heteroatoms. The number of amides is 1. The first-order valence-corrected chi connectivity index (χ1v) is 8.17. The topological polar surface area (TPSA) is 42.4 Å². The summed E-state index contributed by atoms with van der Waals surface area (Å²) in [7, 11) is 0. The van der Waals surface area contributed by atoms with Crippen LogP contribution in [0.15, 0.2) is 48.7 Å². The van der Waals surface area contributed by atoms with Gasteiger partial charge in [0.2, 0.25) is 0 Å². The molecular weight excluding hydrogens is 312 g/mol. The van der Waals surface area contributed by atoms with Gasteiger partial charge in [-0.05, 0) is 44.0 Å². The van der Waals surface area contributed by atoms with E-state index in [1.807, 2.05) is 35.2 Å². The predicted octanol–water partition coefficient (Wildman–Crippen LogP) is 3.87. The van der Waals surface area contributed by atoms with Crippen LogP contribution in [0.2, 0.25) is 5.02 Å². The van der Waals surface area contributed by atoms with E-state index in [-0.39, 0.29) is 11.9 Å². The first-order valence-electron chi connectivity index (χ1n) is 7.79. The molecule has 1 aliphatic heterocycles. The fourth-order valence-corrected chi connectivity index (χ4v) is 3.11. The highest BCUT2D eigenvalue weighted by atomic mass is 35.5. The van der Waals surface area contributed by atoms with E-state index in [0.29, 0.717) is 10.8 Å². The largest absolute Gasteiger partial charge is 0.479 e. The van der Waals surface area contributed by atoms with Crippen molar-refractivity contribution in [3.63, 3.8) is 0 Å². The second kappa shape index (κ2) is 7.01. The van der Waals surface area contributed by atoms with E-state index in [1.54, 1.807) is 25.3 Å². The van der Waals surface area contributed by atoms with Gasteiger partial charge >= 0.3 is 0 Å². The van der Waals surface area contributed by atoms with Gasteiger partial charge in [0.05, 0.1) is 16.8 Å². The second-order valence-electron chi connectivity index (χ2n) is 5.63. The van der Waals surface area contributed by atoms with Crippen molar-refractivity contribution in [1.29, 1.82) is 0 Å². The van der Waals surface area contributed by atoms with Crippen LogP contribution < -0.4 is 4.74 Å². The molecule has 2 heterocycles. The van der Waals surface area contributed by atoms with E-state index in [1.165, 1.54) is 0 Å². The van der Waals surface area contributed by atoms with Crippen molar-refractivity contribution in [1.82, 2.24) is 9.88 Å². The van der Waals surface area contributed by atoms with Crippen LogP contribution in [-0.4, -0.2) is 28.4 Å². The molecule has 0 radical (unpaired) electrons. The van der Waals surface area contributed by atoms with E-state index < -0.39 is 6.10 Å². The number of carbonyl (C=O) groups is 1. The minimum absolute atomic E-state index is 0.0287. The molecule has 0 spiro atoms. The summed E-state index contributed by atoms with van der Waals surface area (Å²) in [4.78, 5) is 19.0. The molecule has 1 aromatic heterocycles. The van der Waals surface area contributed by atoms with Crippen LogP contribution in [0.1, 0.15) is 31.5 Å². The van der Waals surface area contributed by atoms with Gasteiger partial charge in [0.25, 0.3) is 5.91 Å². The zero-order valence-corrected chi connectivity index (χ0v) is 13.7. The average molecular weight is 331 g/mol. The zero-order chi connectivity index (χ0) is 16.2. The lowest BCUT2D eigenvalue weighted by molar-refractivity contribution is -0.139. The van der Waals surface area contributed by atoms with Crippen LogP contribution >= 0.6 is 11.6 Å². The molecule has 0 unspecified atom stereocenters. The van der Waals surface area contributed by atoms with Gasteiger partial charge in [0.1, 0.15) is 5.75 Å². The number of benzene rings is 1. The van der Waals surface area contributed by atoms with Crippen LogP contribution in [0.5, 0.6) is 5.75 Å². The molecule has 4 nitrogen and oxygen atoms in total. The molecule has 2 atom stereocenters. The van der Waals surface area contributed by atoms with Crippen LogP contribution in [0.3, 0.4) is 0 Å². The van der Waals surface area contributed by atoms with E-state index >= 15 is 0 Å². The van der Waals surface area contributed by atoms with Gasteiger partial charge in [-0.25, -0.2) is 0 Å². The number of carbonyl (C=O) groups excluding carboxylic acids is 1. The Hall–Kier alpha value is -2.07. The molecule has 1 amide bonds. The zero-order valence-electron chi connectivity index (χ0n) is 13.0. The van der Waals surface area contributed by atoms with E-state index in [2.05, 4.69) is 4.98 Å². The minimum atomic E-state index is -0.584. The Morgan fingerprint density at radius 1 is 1.30 bits per heavy atom. The lowest BCUT2D eigenvalue weighted by Gasteiger charge is -2.27. The molecule has 23 heavy (non-hydrogen) atoms. The number of likely N-dealkylation sites (tertiary alicyclic amines) is 1. The summed E-state index contributed by atoms with van der Waals surface area (Å²) in [5, 5.41) is 0.509. The average Bonchev–Trinajstić information content (AvgIpc) is 3.06. The standard InChI is InChI=1S/C18H19ClN2O2/c1-13(23-17-10-3-2-7-14(17)19)18(22)21-12-6-9-16(21)15-8-4-5-11-20-15/h2-5,7-8,10-11,13,16H,6,9,12H2,1H3/t13-,16+/m1/s1. The number of para-hydroxylation sites is 1. The summed E-state index contributed by atoms with van der Waals surface area (Å²) in [5.41, 5.74) is 0.934. The van der Waals surface area contributed by atoms with Crippen molar-refractivity contribution in [2.75, 3.05) is 6.54 Å². The predicted molar refractivity (Wildman–Crippen MR) is 89.5 cm³/mol. The third-order valence-corrected chi connectivity index (χ3v) is 4.37. The molecule has 0 aliphatic carbocycles. The molecule has 0 bridgehead atoms. The van der Waals surface area contributed by atoms with Gasteiger partial charge in [0.15, 0.2) is 6.10 Å². The van der Waals surface area contributed by atoms with Gasteiger partial charge < -0.3 is 9.64 Å². The quantitative estimate of drug-likeness (QED) is 0.854. The van der Waals surface area contributed by atoms with E-state index in [4.69, 9.17) is 16.3 Å². The van der Waals surface area contributed by atoms with Crippen molar-refractivity contribution in [3.05, 3.63) is 59.4 Å². The third kappa shape index (κ3) is 3.48. The summed E-state index contributed by atoms with van der Waals surface area (Å²) < 4.78 is 5.76. The third-order valence-electron chi connectivity index (χ3n) is 4.05. The van der Waals surface area contributed by atoms with Crippen molar-refractivity contribution in [2.45, 2.75) is 31.9 Å². The maximum absolute atomic E-state index is 12.8. The summed E-state index contributed by atoms with van der Waals surface area (Å²) in [6, 6.07) is 13.0. The molecule has 2 aromatic rings. The molecular formula is C18H19ClN2O2. The smallest absolute Gasteiger partial charge is 0.263 e. The molecule has 3 rings (SSSR count). The fraction of sp³-hybridized carbons (Fsp3) is 0.333. The number of ether oxygens (including phenoxy) is 1. The highest BCUT2D eigenvalue weighted by Crippen LogP contribution is 2.32. The molecule has 1 saturated heterocycles. The minimum Gasteiger partial charge on any atom is -0.479 e. The van der Waals surface area contributed by atoms with Gasteiger partial charge in [0, 0.05) is 12.7 Å². The Morgan fingerprint density at radius 3 is 2.83 bits per heavy atom. The monoisotopic (exact) mass is 330 g/mol. The molecule has 1 aromatic carbocycles. The summed E-state index contributed by atoms with van der Waals surface area (Å²) in [6.45, 7) is 2.50. The number of nitrogens with zero attached hydrogens (tertiary/aromatic N) is 2. The number of rotatable bonds is 4. The number of halogens is 1. The normalized spacial score (nSPS) is 18.7. The van der Waals surface area contributed by atoms with Crippen molar-refractivity contribution in [2.24, 2.45) is 0 Å².